The highest BCUT2D eigenvalue weighted by molar-refractivity contribution is 5.98. The molecule has 28 heavy (non-hydrogen) atoms. The summed E-state index contributed by atoms with van der Waals surface area (Å²) in [6.45, 7) is 0.578. The van der Waals surface area contributed by atoms with Crippen molar-refractivity contribution in [2.45, 2.75) is 13.2 Å². The summed E-state index contributed by atoms with van der Waals surface area (Å²) < 4.78 is 11.9. The third-order valence-electron chi connectivity index (χ3n) is 4.03. The molecule has 0 unspecified atom stereocenters. The normalized spacial score (nSPS) is 10.1. The minimum atomic E-state index is -0.389. The predicted molar refractivity (Wildman–Crippen MR) is 106 cm³/mol. The molecule has 5 nitrogen and oxygen atoms in total. The largest absolute Gasteiger partial charge is 0.485 e. The van der Waals surface area contributed by atoms with E-state index in [9.17, 15) is 9.59 Å². The zero-order valence-corrected chi connectivity index (χ0v) is 15.3. The number of carbonyl (C=O) groups excluding carboxylic acids is 2. The van der Waals surface area contributed by atoms with Crippen molar-refractivity contribution in [1.29, 1.82) is 0 Å². The lowest BCUT2D eigenvalue weighted by molar-refractivity contribution is -0.107. The van der Waals surface area contributed by atoms with Crippen molar-refractivity contribution >= 4 is 12.2 Å². The first-order valence-corrected chi connectivity index (χ1v) is 8.96. The topological polar surface area (TPSA) is 64.6 Å². The van der Waals surface area contributed by atoms with E-state index in [0.29, 0.717) is 36.6 Å². The predicted octanol–water partition coefficient (Wildman–Crippen LogP) is 3.77. The van der Waals surface area contributed by atoms with Crippen LogP contribution >= 0.6 is 0 Å². The van der Waals surface area contributed by atoms with E-state index in [2.05, 4.69) is 5.32 Å². The van der Waals surface area contributed by atoms with E-state index >= 15 is 0 Å². The van der Waals surface area contributed by atoms with Crippen LogP contribution < -0.4 is 14.8 Å². The van der Waals surface area contributed by atoms with Gasteiger partial charge in [0.1, 0.15) is 19.5 Å². The van der Waals surface area contributed by atoms with Gasteiger partial charge in [-0.25, -0.2) is 0 Å². The van der Waals surface area contributed by atoms with Gasteiger partial charge in [-0.3, -0.25) is 4.79 Å². The van der Waals surface area contributed by atoms with E-state index in [1.54, 1.807) is 18.2 Å². The Morgan fingerprint density at radius 1 is 0.786 bits per heavy atom. The van der Waals surface area contributed by atoms with Gasteiger partial charge in [-0.05, 0) is 23.3 Å². The number of rotatable bonds is 9. The van der Waals surface area contributed by atoms with Crippen LogP contribution in [0.4, 0.5) is 0 Å². The Kier molecular flexibility index (Phi) is 6.79. The number of nitrogens with one attached hydrogen (secondary N) is 1. The highest BCUT2D eigenvalue weighted by atomic mass is 16.5. The standard InChI is InChI=1S/C23H21NO4/c25-15-14-24-23(26)20-12-7-13-21(27-16-18-8-3-1-4-9-18)22(20)28-17-19-10-5-2-6-11-19/h1-13,15H,14,16-17H2,(H,24,26). The Labute approximate surface area is 163 Å². The van der Waals surface area contributed by atoms with Crippen LogP contribution in [0.3, 0.4) is 0 Å². The first kappa shape index (κ1) is 19.2. The number of para-hydroxylation sites is 1. The summed E-state index contributed by atoms with van der Waals surface area (Å²) in [7, 11) is 0. The number of benzene rings is 3. The second kappa shape index (κ2) is 9.92. The lowest BCUT2D eigenvalue weighted by Gasteiger charge is -2.16. The maximum absolute atomic E-state index is 12.5. The summed E-state index contributed by atoms with van der Waals surface area (Å²) in [6, 6.07) is 24.6. The van der Waals surface area contributed by atoms with Crippen molar-refractivity contribution in [1.82, 2.24) is 5.32 Å². The smallest absolute Gasteiger partial charge is 0.255 e. The SMILES string of the molecule is O=CCNC(=O)c1cccc(OCc2ccccc2)c1OCc1ccccc1. The van der Waals surface area contributed by atoms with Crippen LogP contribution in [0.15, 0.2) is 78.9 Å². The highest BCUT2D eigenvalue weighted by Gasteiger charge is 2.17. The van der Waals surface area contributed by atoms with Gasteiger partial charge < -0.3 is 19.6 Å². The summed E-state index contributed by atoms with van der Waals surface area (Å²) in [6.07, 6.45) is 0.637. The van der Waals surface area contributed by atoms with Gasteiger partial charge in [0, 0.05) is 0 Å². The Morgan fingerprint density at radius 2 is 1.39 bits per heavy atom. The summed E-state index contributed by atoms with van der Waals surface area (Å²) in [4.78, 5) is 23.0. The molecular weight excluding hydrogens is 354 g/mol. The minimum Gasteiger partial charge on any atom is -0.485 e. The fourth-order valence-corrected chi connectivity index (χ4v) is 2.65. The molecule has 0 heterocycles. The second-order valence-corrected chi connectivity index (χ2v) is 6.06. The first-order valence-electron chi connectivity index (χ1n) is 8.96. The van der Waals surface area contributed by atoms with Crippen LogP contribution in [-0.2, 0) is 18.0 Å². The summed E-state index contributed by atoms with van der Waals surface area (Å²) in [5.41, 5.74) is 2.30. The molecule has 0 aliphatic rings. The quantitative estimate of drug-likeness (QED) is 0.578. The van der Waals surface area contributed by atoms with E-state index in [1.807, 2.05) is 60.7 Å². The Hall–Kier alpha value is -3.60. The molecule has 0 aromatic heterocycles. The van der Waals surface area contributed by atoms with Crippen LogP contribution in [0, 0.1) is 0 Å². The van der Waals surface area contributed by atoms with Gasteiger partial charge in [0.25, 0.3) is 5.91 Å². The van der Waals surface area contributed by atoms with Crippen molar-refractivity contribution in [3.63, 3.8) is 0 Å². The number of carbonyl (C=O) groups is 2. The maximum atomic E-state index is 12.5. The number of aldehydes is 1. The third-order valence-corrected chi connectivity index (χ3v) is 4.03. The fourth-order valence-electron chi connectivity index (χ4n) is 2.65. The molecule has 5 heteroatoms. The molecule has 0 aliphatic heterocycles. The van der Waals surface area contributed by atoms with Gasteiger partial charge >= 0.3 is 0 Å². The van der Waals surface area contributed by atoms with Crippen LogP contribution in [0.5, 0.6) is 11.5 Å². The molecule has 0 saturated carbocycles. The van der Waals surface area contributed by atoms with Crippen molar-refractivity contribution in [3.05, 3.63) is 95.6 Å². The number of hydrogen-bond acceptors (Lipinski definition) is 4. The lowest BCUT2D eigenvalue weighted by atomic mass is 10.1. The molecule has 0 spiro atoms. The maximum Gasteiger partial charge on any atom is 0.255 e. The van der Waals surface area contributed by atoms with Crippen LogP contribution in [0.1, 0.15) is 21.5 Å². The van der Waals surface area contributed by atoms with E-state index < -0.39 is 0 Å². The molecule has 1 N–H and O–H groups in total. The summed E-state index contributed by atoms with van der Waals surface area (Å²) in [5.74, 6) is 0.435. The van der Waals surface area contributed by atoms with Gasteiger partial charge in [-0.1, -0.05) is 66.7 Å². The van der Waals surface area contributed by atoms with Crippen molar-refractivity contribution < 1.29 is 19.1 Å². The van der Waals surface area contributed by atoms with Gasteiger partial charge in [0.05, 0.1) is 12.1 Å². The molecule has 0 atom stereocenters. The van der Waals surface area contributed by atoms with Crippen molar-refractivity contribution in [2.75, 3.05) is 6.54 Å². The van der Waals surface area contributed by atoms with E-state index in [4.69, 9.17) is 9.47 Å². The molecule has 0 saturated heterocycles. The molecule has 0 bridgehead atoms. The number of hydrogen-bond donors (Lipinski definition) is 1. The van der Waals surface area contributed by atoms with Crippen molar-refractivity contribution in [2.24, 2.45) is 0 Å². The molecule has 3 aromatic carbocycles. The van der Waals surface area contributed by atoms with Gasteiger partial charge in [0.2, 0.25) is 0 Å². The van der Waals surface area contributed by atoms with E-state index in [-0.39, 0.29) is 12.5 Å². The minimum absolute atomic E-state index is 0.0634. The molecule has 0 radical (unpaired) electrons. The average molecular weight is 375 g/mol. The van der Waals surface area contributed by atoms with Gasteiger partial charge in [-0.2, -0.15) is 0 Å². The van der Waals surface area contributed by atoms with E-state index in [0.717, 1.165) is 11.1 Å². The molecule has 3 aromatic rings. The van der Waals surface area contributed by atoms with Gasteiger partial charge in [0.15, 0.2) is 11.5 Å². The molecule has 0 aliphatic carbocycles. The Balaban J connectivity index is 1.84. The van der Waals surface area contributed by atoms with E-state index in [1.165, 1.54) is 0 Å². The summed E-state index contributed by atoms with van der Waals surface area (Å²) in [5, 5.41) is 2.55. The molecule has 1 amide bonds. The molecule has 0 fully saturated rings. The van der Waals surface area contributed by atoms with Crippen molar-refractivity contribution in [3.8, 4) is 11.5 Å². The second-order valence-electron chi connectivity index (χ2n) is 6.06. The Morgan fingerprint density at radius 3 is 2.00 bits per heavy atom. The van der Waals surface area contributed by atoms with Crippen LogP contribution in [-0.4, -0.2) is 18.7 Å². The fraction of sp³-hybridized carbons (Fsp3) is 0.130. The zero-order valence-electron chi connectivity index (χ0n) is 15.3. The first-order chi connectivity index (χ1) is 13.8. The van der Waals surface area contributed by atoms with Crippen LogP contribution in [0.2, 0.25) is 0 Å². The highest BCUT2D eigenvalue weighted by Crippen LogP contribution is 2.33. The molecule has 3 rings (SSSR count). The zero-order chi connectivity index (χ0) is 19.6. The lowest BCUT2D eigenvalue weighted by Crippen LogP contribution is -2.25. The summed E-state index contributed by atoms with van der Waals surface area (Å²) >= 11 is 0. The van der Waals surface area contributed by atoms with Gasteiger partial charge in [-0.15, -0.1) is 0 Å². The monoisotopic (exact) mass is 375 g/mol. The third kappa shape index (κ3) is 5.20. The molecular formula is C23H21NO4. The molecule has 142 valence electrons. The van der Waals surface area contributed by atoms with Crippen LogP contribution in [0.25, 0.3) is 0 Å². The average Bonchev–Trinajstić information content (AvgIpc) is 2.76. The number of amides is 1. The number of ether oxygens (including phenoxy) is 2. The Bertz CT molecular complexity index is 910.